The van der Waals surface area contributed by atoms with E-state index in [2.05, 4.69) is 0 Å². The van der Waals surface area contributed by atoms with E-state index in [1.165, 1.54) is 4.57 Å². The molecule has 1 heterocycles. The summed E-state index contributed by atoms with van der Waals surface area (Å²) in [5.74, 6) is 1.93. The molecule has 2 rings (SSSR count). The maximum atomic E-state index is 11.5. The molecule has 4 nitrogen and oxygen atoms in total. The molecule has 0 amide bonds. The molecule has 0 saturated heterocycles. The van der Waals surface area contributed by atoms with E-state index in [0.717, 1.165) is 5.46 Å². The molecule has 1 aromatic carbocycles. The van der Waals surface area contributed by atoms with Crippen LogP contribution in [0.4, 0.5) is 0 Å². The summed E-state index contributed by atoms with van der Waals surface area (Å²) in [7, 11) is 5.12. The van der Waals surface area contributed by atoms with Crippen LogP contribution < -0.4 is 20.5 Å². The van der Waals surface area contributed by atoms with Gasteiger partial charge in [0.05, 0.1) is 7.11 Å². The second kappa shape index (κ2) is 5.00. The second-order valence-corrected chi connectivity index (χ2v) is 4.02. The Kier molecular flexibility index (Phi) is 3.41. The second-order valence-electron chi connectivity index (χ2n) is 4.02. The van der Waals surface area contributed by atoms with Gasteiger partial charge in [-0.3, -0.25) is 4.79 Å². The molecule has 0 atom stereocenters. The van der Waals surface area contributed by atoms with Gasteiger partial charge in [-0.15, -0.1) is 0 Å². The van der Waals surface area contributed by atoms with Crippen molar-refractivity contribution in [2.75, 3.05) is 7.11 Å². The van der Waals surface area contributed by atoms with Gasteiger partial charge in [-0.25, -0.2) is 0 Å². The van der Waals surface area contributed by atoms with Crippen LogP contribution in [0.3, 0.4) is 0 Å². The van der Waals surface area contributed by atoms with Crippen molar-refractivity contribution < 1.29 is 9.47 Å². The van der Waals surface area contributed by atoms with Crippen molar-refractivity contribution >= 4 is 13.3 Å². The third kappa shape index (κ3) is 2.40. The largest absolute Gasteiger partial charge is 0.493 e. The molecule has 0 spiro atoms. The van der Waals surface area contributed by atoms with Crippen molar-refractivity contribution in [3.8, 4) is 17.2 Å². The lowest BCUT2D eigenvalue weighted by molar-refractivity contribution is 0.378. The summed E-state index contributed by atoms with van der Waals surface area (Å²) in [6.45, 7) is 0. The molecule has 1 aromatic heterocycles. The fourth-order valence-corrected chi connectivity index (χ4v) is 1.63. The van der Waals surface area contributed by atoms with Crippen LogP contribution >= 0.6 is 0 Å². The zero-order valence-electron chi connectivity index (χ0n) is 10.6. The van der Waals surface area contributed by atoms with Crippen molar-refractivity contribution in [2.45, 2.75) is 0 Å². The zero-order valence-corrected chi connectivity index (χ0v) is 10.6. The van der Waals surface area contributed by atoms with Gasteiger partial charge in [0, 0.05) is 19.3 Å². The predicted molar refractivity (Wildman–Crippen MR) is 72.9 cm³/mol. The summed E-state index contributed by atoms with van der Waals surface area (Å²) in [4.78, 5) is 11.5. The molecule has 0 aliphatic carbocycles. The number of benzene rings is 1. The van der Waals surface area contributed by atoms with Gasteiger partial charge in [0.1, 0.15) is 13.6 Å². The molecule has 0 saturated carbocycles. The van der Waals surface area contributed by atoms with Crippen LogP contribution in [0, 0.1) is 0 Å². The molecule has 2 aromatic rings. The summed E-state index contributed by atoms with van der Waals surface area (Å²) in [6.07, 6.45) is 1.67. The first-order chi connectivity index (χ1) is 8.61. The average molecular weight is 243 g/mol. The Labute approximate surface area is 106 Å². The Morgan fingerprint density at radius 3 is 2.50 bits per heavy atom. The molecule has 0 unspecified atom stereocenters. The first-order valence-electron chi connectivity index (χ1n) is 5.60. The van der Waals surface area contributed by atoms with E-state index in [-0.39, 0.29) is 5.56 Å². The first kappa shape index (κ1) is 12.3. The quantitative estimate of drug-likeness (QED) is 0.734. The molecule has 0 N–H and O–H groups in total. The van der Waals surface area contributed by atoms with Crippen LogP contribution in [0.5, 0.6) is 17.2 Å². The van der Waals surface area contributed by atoms with Crippen LogP contribution in [0.15, 0.2) is 41.3 Å². The zero-order chi connectivity index (χ0) is 13.1. The lowest BCUT2D eigenvalue weighted by atomic mass is 9.96. The van der Waals surface area contributed by atoms with Gasteiger partial charge in [0.2, 0.25) is 5.56 Å². The fraction of sp³-hybridized carbons (Fsp3) is 0.154. The van der Waals surface area contributed by atoms with Crippen molar-refractivity contribution in [1.82, 2.24) is 4.57 Å². The Balaban J connectivity index is 2.40. The molecule has 0 radical (unpaired) electrons. The Morgan fingerprint density at radius 1 is 1.17 bits per heavy atom. The Bertz CT molecular complexity index is 622. The van der Waals surface area contributed by atoms with Gasteiger partial charge >= 0.3 is 0 Å². The topological polar surface area (TPSA) is 40.5 Å². The molecule has 0 bridgehead atoms. The summed E-state index contributed by atoms with van der Waals surface area (Å²) in [5, 5.41) is 0. The lowest BCUT2D eigenvalue weighted by Gasteiger charge is -2.12. The summed E-state index contributed by atoms with van der Waals surface area (Å²) in [5.41, 5.74) is 0.740. The van der Waals surface area contributed by atoms with E-state index < -0.39 is 0 Å². The third-order valence-corrected chi connectivity index (χ3v) is 2.68. The maximum Gasteiger partial charge on any atom is 0.249 e. The number of hydrogen-bond acceptors (Lipinski definition) is 3. The third-order valence-electron chi connectivity index (χ3n) is 2.68. The summed E-state index contributed by atoms with van der Waals surface area (Å²) >= 11 is 0. The van der Waals surface area contributed by atoms with Gasteiger partial charge in [0.25, 0.3) is 0 Å². The molecule has 0 aliphatic heterocycles. The van der Waals surface area contributed by atoms with E-state index in [1.54, 1.807) is 26.4 Å². The Hall–Kier alpha value is -2.17. The highest BCUT2D eigenvalue weighted by atomic mass is 16.5. The molecule has 18 heavy (non-hydrogen) atoms. The van der Waals surface area contributed by atoms with Crippen LogP contribution in [-0.2, 0) is 7.05 Å². The normalized spacial score (nSPS) is 10.1. The number of nitrogens with zero attached hydrogens (tertiary/aromatic N) is 1. The minimum Gasteiger partial charge on any atom is -0.493 e. The van der Waals surface area contributed by atoms with Crippen LogP contribution in [-0.4, -0.2) is 19.5 Å². The number of ether oxygens (including phenoxy) is 2. The molecule has 0 fully saturated rings. The van der Waals surface area contributed by atoms with Gasteiger partial charge in [-0.1, -0.05) is 12.1 Å². The molecular formula is C13H14BNO3. The fourth-order valence-electron chi connectivity index (χ4n) is 1.63. The van der Waals surface area contributed by atoms with E-state index in [9.17, 15) is 4.79 Å². The van der Waals surface area contributed by atoms with Crippen molar-refractivity contribution in [1.29, 1.82) is 0 Å². The highest BCUT2D eigenvalue weighted by Gasteiger charge is 2.07. The van der Waals surface area contributed by atoms with Crippen molar-refractivity contribution in [3.05, 3.63) is 46.9 Å². The van der Waals surface area contributed by atoms with Gasteiger partial charge < -0.3 is 14.0 Å². The Morgan fingerprint density at radius 2 is 1.83 bits per heavy atom. The molecular weight excluding hydrogens is 229 g/mol. The lowest BCUT2D eigenvalue weighted by Crippen LogP contribution is -2.22. The van der Waals surface area contributed by atoms with Crippen LogP contribution in [0.25, 0.3) is 0 Å². The minimum absolute atomic E-state index is 0.0557. The van der Waals surface area contributed by atoms with Gasteiger partial charge in [0.15, 0.2) is 11.5 Å². The number of hydrogen-bond donors (Lipinski definition) is 0. The number of para-hydroxylation sites is 2. The number of pyridine rings is 1. The van der Waals surface area contributed by atoms with Crippen LogP contribution in [0.2, 0.25) is 0 Å². The average Bonchev–Trinajstić information content (AvgIpc) is 2.36. The summed E-state index contributed by atoms with van der Waals surface area (Å²) < 4.78 is 12.5. The predicted octanol–water partition coefficient (Wildman–Crippen LogP) is 0.445. The number of methoxy groups -OCH3 is 1. The van der Waals surface area contributed by atoms with Crippen molar-refractivity contribution in [3.63, 3.8) is 0 Å². The number of aromatic nitrogens is 1. The maximum absolute atomic E-state index is 11.5. The molecule has 5 heteroatoms. The SMILES string of the molecule is Bc1cc(=O)n(C)cc1Oc1ccccc1OC. The smallest absolute Gasteiger partial charge is 0.249 e. The highest BCUT2D eigenvalue weighted by Crippen LogP contribution is 2.29. The monoisotopic (exact) mass is 243 g/mol. The minimum atomic E-state index is -0.0557. The van der Waals surface area contributed by atoms with E-state index in [1.807, 2.05) is 32.1 Å². The van der Waals surface area contributed by atoms with Crippen molar-refractivity contribution in [2.24, 2.45) is 7.05 Å². The molecule has 92 valence electrons. The number of aryl methyl sites for hydroxylation is 1. The summed E-state index contributed by atoms with van der Waals surface area (Å²) in [6, 6.07) is 8.94. The molecule has 0 aliphatic rings. The highest BCUT2D eigenvalue weighted by molar-refractivity contribution is 6.34. The van der Waals surface area contributed by atoms with E-state index >= 15 is 0 Å². The number of rotatable bonds is 3. The van der Waals surface area contributed by atoms with Gasteiger partial charge in [-0.2, -0.15) is 0 Å². The van der Waals surface area contributed by atoms with Gasteiger partial charge in [-0.05, 0) is 17.6 Å². The van der Waals surface area contributed by atoms with E-state index in [4.69, 9.17) is 9.47 Å². The standard InChI is InChI=1S/C13H14BNO3/c1-15-8-12(9(14)7-13(15)16)18-11-6-4-3-5-10(11)17-2/h3-8H,14H2,1-2H3. The van der Waals surface area contributed by atoms with E-state index in [0.29, 0.717) is 17.2 Å². The first-order valence-corrected chi connectivity index (χ1v) is 5.60. The van der Waals surface area contributed by atoms with Crippen LogP contribution in [0.1, 0.15) is 0 Å².